The number of ether oxygens (including phenoxy) is 1. The van der Waals surface area contributed by atoms with Crippen LogP contribution in [0, 0.1) is 11.6 Å². The van der Waals surface area contributed by atoms with Crippen LogP contribution >= 0.6 is 0 Å². The number of halogens is 2. The van der Waals surface area contributed by atoms with Crippen LogP contribution in [0.1, 0.15) is 6.92 Å². The van der Waals surface area contributed by atoms with Gasteiger partial charge in [0.25, 0.3) is 0 Å². The van der Waals surface area contributed by atoms with Crippen LogP contribution in [0.2, 0.25) is 0 Å². The maximum atomic E-state index is 14.1. The van der Waals surface area contributed by atoms with Crippen molar-refractivity contribution in [1.29, 1.82) is 0 Å². The van der Waals surface area contributed by atoms with E-state index in [1.54, 1.807) is 36.4 Å². The molecule has 2 aromatic carbocycles. The van der Waals surface area contributed by atoms with Gasteiger partial charge in [-0.3, -0.25) is 0 Å². The van der Waals surface area contributed by atoms with Crippen molar-refractivity contribution in [3.63, 3.8) is 0 Å². The van der Waals surface area contributed by atoms with E-state index >= 15 is 0 Å². The first kappa shape index (κ1) is 14.3. The summed E-state index contributed by atoms with van der Waals surface area (Å²) < 4.78 is 34.0. The Labute approximate surface area is 126 Å². The van der Waals surface area contributed by atoms with E-state index in [1.807, 2.05) is 6.92 Å². The maximum Gasteiger partial charge on any atom is 0.233 e. The van der Waals surface area contributed by atoms with E-state index in [4.69, 9.17) is 4.74 Å². The van der Waals surface area contributed by atoms with Gasteiger partial charge >= 0.3 is 0 Å². The lowest BCUT2D eigenvalue weighted by Gasteiger charge is -2.08. The average molecular weight is 300 g/mol. The third-order valence-corrected chi connectivity index (χ3v) is 3.20. The molecule has 0 fully saturated rings. The molecule has 0 unspecified atom stereocenters. The monoisotopic (exact) mass is 300 g/mol. The third kappa shape index (κ3) is 2.70. The molecule has 0 aliphatic rings. The van der Waals surface area contributed by atoms with Crippen molar-refractivity contribution in [2.45, 2.75) is 6.92 Å². The molecule has 1 heterocycles. The highest BCUT2D eigenvalue weighted by Crippen LogP contribution is 2.28. The molecule has 0 saturated carbocycles. The van der Waals surface area contributed by atoms with Crippen molar-refractivity contribution >= 4 is 0 Å². The summed E-state index contributed by atoms with van der Waals surface area (Å²) in [6, 6.07) is 14.0. The molecule has 112 valence electrons. The van der Waals surface area contributed by atoms with Gasteiger partial charge in [0.05, 0.1) is 12.3 Å². The predicted octanol–water partition coefficient (Wildman–Crippen LogP) is 4.22. The Morgan fingerprint density at radius 2 is 1.77 bits per heavy atom. The zero-order chi connectivity index (χ0) is 15.5. The molecule has 3 rings (SSSR count). The minimum atomic E-state index is -0.392. The number of nitrogens with zero attached hydrogens (tertiary/aromatic N) is 2. The Balaban J connectivity index is 2.16. The molecule has 0 bridgehead atoms. The van der Waals surface area contributed by atoms with Crippen LogP contribution in [-0.2, 0) is 0 Å². The predicted molar refractivity (Wildman–Crippen MR) is 80.1 cm³/mol. The molecular weight excluding hydrogens is 286 g/mol. The quantitative estimate of drug-likeness (QED) is 0.721. The molecule has 5 heteroatoms. The van der Waals surface area contributed by atoms with E-state index in [2.05, 4.69) is 5.10 Å². The fourth-order valence-corrected chi connectivity index (χ4v) is 2.21. The minimum absolute atomic E-state index is 0.313. The first-order valence-electron chi connectivity index (χ1n) is 6.92. The molecular formula is C17H14F2N2O. The van der Waals surface area contributed by atoms with Gasteiger partial charge < -0.3 is 4.74 Å². The average Bonchev–Trinajstić information content (AvgIpc) is 2.93. The third-order valence-electron chi connectivity index (χ3n) is 3.20. The van der Waals surface area contributed by atoms with Crippen molar-refractivity contribution < 1.29 is 13.5 Å². The molecule has 0 N–H and O–H groups in total. The fourth-order valence-electron chi connectivity index (χ4n) is 2.21. The van der Waals surface area contributed by atoms with Gasteiger partial charge in [-0.15, -0.1) is 5.10 Å². The van der Waals surface area contributed by atoms with Crippen LogP contribution < -0.4 is 4.74 Å². The van der Waals surface area contributed by atoms with Gasteiger partial charge in [0.1, 0.15) is 17.3 Å². The largest absolute Gasteiger partial charge is 0.477 e. The van der Waals surface area contributed by atoms with Crippen LogP contribution in [-0.4, -0.2) is 16.4 Å². The molecule has 0 aliphatic carbocycles. The van der Waals surface area contributed by atoms with Gasteiger partial charge in [0, 0.05) is 11.6 Å². The lowest BCUT2D eigenvalue weighted by atomic mass is 10.1. The smallest absolute Gasteiger partial charge is 0.233 e. The Morgan fingerprint density at radius 3 is 2.45 bits per heavy atom. The molecule has 1 aromatic heterocycles. The normalized spacial score (nSPS) is 10.7. The summed E-state index contributed by atoms with van der Waals surface area (Å²) in [5, 5.41) is 4.29. The number of hydrogen-bond donors (Lipinski definition) is 0. The van der Waals surface area contributed by atoms with E-state index < -0.39 is 5.82 Å². The van der Waals surface area contributed by atoms with Gasteiger partial charge in [0.2, 0.25) is 5.88 Å². The van der Waals surface area contributed by atoms with Gasteiger partial charge in [0.15, 0.2) is 0 Å². The summed E-state index contributed by atoms with van der Waals surface area (Å²) in [6.07, 6.45) is 0. The van der Waals surface area contributed by atoms with E-state index in [1.165, 1.54) is 22.9 Å². The van der Waals surface area contributed by atoms with Gasteiger partial charge in [-0.05, 0) is 43.3 Å². The van der Waals surface area contributed by atoms with Crippen molar-refractivity contribution in [2.24, 2.45) is 0 Å². The van der Waals surface area contributed by atoms with Crippen molar-refractivity contribution in [3.05, 3.63) is 66.2 Å². The molecule has 0 amide bonds. The number of rotatable bonds is 4. The van der Waals surface area contributed by atoms with E-state index in [9.17, 15) is 8.78 Å². The summed E-state index contributed by atoms with van der Waals surface area (Å²) in [5.74, 6) is -0.326. The van der Waals surface area contributed by atoms with Crippen LogP contribution in [0.5, 0.6) is 5.88 Å². The van der Waals surface area contributed by atoms with Crippen molar-refractivity contribution in [2.75, 3.05) is 6.61 Å². The Kier molecular flexibility index (Phi) is 3.87. The first-order chi connectivity index (χ1) is 10.7. The highest BCUT2D eigenvalue weighted by atomic mass is 19.1. The molecule has 3 nitrogen and oxygen atoms in total. The number of benzene rings is 2. The van der Waals surface area contributed by atoms with Crippen LogP contribution in [0.25, 0.3) is 16.9 Å². The highest BCUT2D eigenvalue weighted by molar-refractivity contribution is 5.63. The second kappa shape index (κ2) is 5.97. The van der Waals surface area contributed by atoms with Gasteiger partial charge in [-0.25, -0.2) is 13.5 Å². The summed E-state index contributed by atoms with van der Waals surface area (Å²) in [6.45, 7) is 2.30. The Morgan fingerprint density at radius 1 is 1.05 bits per heavy atom. The first-order valence-corrected chi connectivity index (χ1v) is 6.92. The topological polar surface area (TPSA) is 27.1 Å². The van der Waals surface area contributed by atoms with Crippen LogP contribution in [0.3, 0.4) is 0 Å². The van der Waals surface area contributed by atoms with Gasteiger partial charge in [-0.1, -0.05) is 12.1 Å². The van der Waals surface area contributed by atoms with Crippen molar-refractivity contribution in [1.82, 2.24) is 9.78 Å². The van der Waals surface area contributed by atoms with Crippen molar-refractivity contribution in [3.8, 4) is 22.8 Å². The number of hydrogen-bond acceptors (Lipinski definition) is 2. The molecule has 22 heavy (non-hydrogen) atoms. The zero-order valence-corrected chi connectivity index (χ0v) is 12.0. The molecule has 0 radical (unpaired) electrons. The molecule has 0 saturated heterocycles. The lowest BCUT2D eigenvalue weighted by Crippen LogP contribution is -2.02. The molecule has 0 spiro atoms. The number of aromatic nitrogens is 2. The minimum Gasteiger partial charge on any atom is -0.477 e. The highest BCUT2D eigenvalue weighted by Gasteiger charge is 2.15. The lowest BCUT2D eigenvalue weighted by molar-refractivity contribution is 0.324. The van der Waals surface area contributed by atoms with E-state index in [0.29, 0.717) is 23.9 Å². The molecule has 3 aromatic rings. The molecule has 0 aliphatic heterocycles. The molecule has 0 atom stereocenters. The van der Waals surface area contributed by atoms with E-state index in [-0.39, 0.29) is 5.82 Å². The summed E-state index contributed by atoms with van der Waals surface area (Å²) in [4.78, 5) is 0. The zero-order valence-electron chi connectivity index (χ0n) is 12.0. The summed E-state index contributed by atoms with van der Waals surface area (Å²) in [5.41, 5.74) is 1.67. The Hall–Kier alpha value is -2.69. The van der Waals surface area contributed by atoms with Crippen LogP contribution in [0.15, 0.2) is 54.6 Å². The van der Waals surface area contributed by atoms with E-state index in [0.717, 1.165) is 5.56 Å². The fraction of sp³-hybridized carbons (Fsp3) is 0.118. The SMILES string of the molecule is CCOc1cc(-c2ccc(F)cc2)n(-c2ccccc2F)n1. The summed E-state index contributed by atoms with van der Waals surface area (Å²) >= 11 is 0. The maximum absolute atomic E-state index is 14.1. The summed E-state index contributed by atoms with van der Waals surface area (Å²) in [7, 11) is 0. The second-order valence-electron chi connectivity index (χ2n) is 4.67. The second-order valence-corrected chi connectivity index (χ2v) is 4.67. The number of para-hydroxylation sites is 1. The standard InChI is InChI=1S/C17H14F2N2O/c1-2-22-17-11-16(12-7-9-13(18)10-8-12)21(20-17)15-6-4-3-5-14(15)19/h3-11H,2H2,1H3. The van der Waals surface area contributed by atoms with Gasteiger partial charge in [-0.2, -0.15) is 0 Å². The van der Waals surface area contributed by atoms with Crippen LogP contribution in [0.4, 0.5) is 8.78 Å². The Bertz CT molecular complexity index is 782.